The fraction of sp³-hybridized carbons (Fsp3) is 0.375. The van der Waals surface area contributed by atoms with Crippen LogP contribution in [0.3, 0.4) is 0 Å². The fourth-order valence-electron chi connectivity index (χ4n) is 2.92. The monoisotopic (exact) mass is 329 g/mol. The second-order valence-electron chi connectivity index (χ2n) is 5.79. The Balaban J connectivity index is 1.83. The third-order valence-electron chi connectivity index (χ3n) is 4.31. The van der Waals surface area contributed by atoms with Crippen LogP contribution in [0.25, 0.3) is 5.69 Å². The SMILES string of the molecule is CN(C(=O)c1ccn(-c2ccccc2[N+](=O)[O-])n1)C1CCNCC1. The summed E-state index contributed by atoms with van der Waals surface area (Å²) in [7, 11) is 1.78. The number of para-hydroxylation sites is 2. The summed E-state index contributed by atoms with van der Waals surface area (Å²) >= 11 is 0. The van der Waals surface area contributed by atoms with Crippen molar-refractivity contribution >= 4 is 11.6 Å². The summed E-state index contributed by atoms with van der Waals surface area (Å²) < 4.78 is 1.38. The fourth-order valence-corrected chi connectivity index (χ4v) is 2.92. The minimum absolute atomic E-state index is 0.0497. The summed E-state index contributed by atoms with van der Waals surface area (Å²) in [6.45, 7) is 1.79. The summed E-state index contributed by atoms with van der Waals surface area (Å²) in [6.07, 6.45) is 3.39. The minimum atomic E-state index is -0.459. The molecule has 0 spiro atoms. The minimum Gasteiger partial charge on any atom is -0.337 e. The van der Waals surface area contributed by atoms with Crippen LogP contribution < -0.4 is 5.32 Å². The van der Waals surface area contributed by atoms with Gasteiger partial charge >= 0.3 is 0 Å². The number of aromatic nitrogens is 2. The Morgan fingerprint density at radius 1 is 1.33 bits per heavy atom. The van der Waals surface area contributed by atoms with Gasteiger partial charge in [-0.3, -0.25) is 14.9 Å². The number of piperidine rings is 1. The van der Waals surface area contributed by atoms with E-state index in [1.807, 2.05) is 0 Å². The van der Waals surface area contributed by atoms with Gasteiger partial charge in [0.1, 0.15) is 5.69 Å². The lowest BCUT2D eigenvalue weighted by molar-refractivity contribution is -0.384. The number of benzene rings is 1. The van der Waals surface area contributed by atoms with Crippen LogP contribution in [0, 0.1) is 10.1 Å². The maximum Gasteiger partial charge on any atom is 0.294 e. The summed E-state index contributed by atoms with van der Waals surface area (Å²) in [6, 6.07) is 8.11. The second-order valence-corrected chi connectivity index (χ2v) is 5.79. The van der Waals surface area contributed by atoms with Crippen LogP contribution in [0.5, 0.6) is 0 Å². The number of nitro groups is 1. The van der Waals surface area contributed by atoms with Crippen molar-refractivity contribution in [2.75, 3.05) is 20.1 Å². The zero-order chi connectivity index (χ0) is 17.1. The lowest BCUT2D eigenvalue weighted by Gasteiger charge is -2.31. The molecule has 2 heterocycles. The quantitative estimate of drug-likeness (QED) is 0.679. The number of hydrogen-bond donors (Lipinski definition) is 1. The van der Waals surface area contributed by atoms with Crippen molar-refractivity contribution in [1.82, 2.24) is 20.0 Å². The first-order valence-electron chi connectivity index (χ1n) is 7.85. The van der Waals surface area contributed by atoms with Crippen LogP contribution in [0.15, 0.2) is 36.5 Å². The highest BCUT2D eigenvalue weighted by Crippen LogP contribution is 2.22. The Bertz CT molecular complexity index is 752. The van der Waals surface area contributed by atoms with E-state index in [2.05, 4.69) is 10.4 Å². The molecular formula is C16H19N5O3. The van der Waals surface area contributed by atoms with Crippen LogP contribution in [-0.2, 0) is 0 Å². The number of carbonyl (C=O) groups excluding carboxylic acids is 1. The molecule has 0 atom stereocenters. The molecule has 1 saturated heterocycles. The third kappa shape index (κ3) is 3.13. The zero-order valence-electron chi connectivity index (χ0n) is 13.4. The molecule has 0 aliphatic carbocycles. The molecule has 1 amide bonds. The van der Waals surface area contributed by atoms with E-state index < -0.39 is 4.92 Å². The van der Waals surface area contributed by atoms with E-state index in [9.17, 15) is 14.9 Å². The Kier molecular flexibility index (Phi) is 4.57. The standard InChI is InChI=1S/C16H19N5O3/c1-19(12-6-9-17-10-7-12)16(22)13-8-11-20(18-13)14-4-2-3-5-15(14)21(23)24/h2-5,8,11-12,17H,6-7,9-10H2,1H3. The summed E-state index contributed by atoms with van der Waals surface area (Å²) in [4.78, 5) is 25.0. The van der Waals surface area contributed by atoms with E-state index in [0.717, 1.165) is 25.9 Å². The van der Waals surface area contributed by atoms with Crippen molar-refractivity contribution in [3.8, 4) is 5.69 Å². The molecule has 0 unspecified atom stereocenters. The molecule has 1 fully saturated rings. The molecule has 0 radical (unpaired) electrons. The number of rotatable bonds is 4. The van der Waals surface area contributed by atoms with Crippen molar-refractivity contribution in [3.05, 3.63) is 52.3 Å². The molecule has 8 heteroatoms. The highest BCUT2D eigenvalue weighted by atomic mass is 16.6. The lowest BCUT2D eigenvalue weighted by Crippen LogP contribution is -2.44. The average Bonchev–Trinajstić information content (AvgIpc) is 3.11. The van der Waals surface area contributed by atoms with Gasteiger partial charge in [0.15, 0.2) is 5.69 Å². The van der Waals surface area contributed by atoms with Crippen molar-refractivity contribution in [2.45, 2.75) is 18.9 Å². The lowest BCUT2D eigenvalue weighted by atomic mass is 10.1. The van der Waals surface area contributed by atoms with Gasteiger partial charge in [-0.15, -0.1) is 0 Å². The molecule has 0 saturated carbocycles. The summed E-state index contributed by atoms with van der Waals surface area (Å²) in [5.74, 6) is -0.167. The molecule has 1 aromatic carbocycles. The van der Waals surface area contributed by atoms with E-state index in [-0.39, 0.29) is 23.3 Å². The van der Waals surface area contributed by atoms with Crippen molar-refractivity contribution < 1.29 is 9.72 Å². The molecule has 8 nitrogen and oxygen atoms in total. The Morgan fingerprint density at radius 3 is 2.75 bits per heavy atom. The molecule has 1 N–H and O–H groups in total. The smallest absolute Gasteiger partial charge is 0.294 e. The highest BCUT2D eigenvalue weighted by molar-refractivity contribution is 5.92. The number of nitro benzene ring substituents is 1. The molecule has 1 aromatic heterocycles. The molecule has 126 valence electrons. The van der Waals surface area contributed by atoms with Crippen LogP contribution in [0.2, 0.25) is 0 Å². The Hall–Kier alpha value is -2.74. The normalized spacial score (nSPS) is 15.2. The molecular weight excluding hydrogens is 310 g/mol. The summed E-state index contributed by atoms with van der Waals surface area (Å²) in [5, 5.41) is 18.6. The molecule has 2 aromatic rings. The van der Waals surface area contributed by atoms with E-state index in [0.29, 0.717) is 5.69 Å². The number of hydrogen-bond acceptors (Lipinski definition) is 5. The number of amides is 1. The van der Waals surface area contributed by atoms with E-state index in [1.54, 1.807) is 42.4 Å². The maximum absolute atomic E-state index is 12.6. The molecule has 3 rings (SSSR count). The van der Waals surface area contributed by atoms with Gasteiger partial charge in [-0.1, -0.05) is 12.1 Å². The van der Waals surface area contributed by atoms with Crippen molar-refractivity contribution in [2.24, 2.45) is 0 Å². The van der Waals surface area contributed by atoms with Crippen molar-refractivity contribution in [1.29, 1.82) is 0 Å². The van der Waals surface area contributed by atoms with Gasteiger partial charge in [0.25, 0.3) is 11.6 Å². The topological polar surface area (TPSA) is 93.3 Å². The number of nitrogens with one attached hydrogen (secondary N) is 1. The van der Waals surface area contributed by atoms with E-state index >= 15 is 0 Å². The zero-order valence-corrected chi connectivity index (χ0v) is 13.4. The van der Waals surface area contributed by atoms with Gasteiger partial charge in [-0.2, -0.15) is 5.10 Å². The van der Waals surface area contributed by atoms with E-state index in [4.69, 9.17) is 0 Å². The molecule has 1 aliphatic rings. The molecule has 1 aliphatic heterocycles. The maximum atomic E-state index is 12.6. The second kappa shape index (κ2) is 6.79. The first-order chi connectivity index (χ1) is 11.6. The van der Waals surface area contributed by atoms with Gasteiger partial charge < -0.3 is 10.2 Å². The van der Waals surface area contributed by atoms with Gasteiger partial charge in [0.05, 0.1) is 4.92 Å². The largest absolute Gasteiger partial charge is 0.337 e. The number of nitrogens with zero attached hydrogens (tertiary/aromatic N) is 4. The Labute approximate surface area is 139 Å². The van der Waals surface area contributed by atoms with E-state index in [1.165, 1.54) is 10.7 Å². The van der Waals surface area contributed by atoms with Crippen LogP contribution >= 0.6 is 0 Å². The van der Waals surface area contributed by atoms with Gasteiger partial charge in [-0.25, -0.2) is 4.68 Å². The van der Waals surface area contributed by atoms with Crippen LogP contribution in [0.4, 0.5) is 5.69 Å². The highest BCUT2D eigenvalue weighted by Gasteiger charge is 2.25. The van der Waals surface area contributed by atoms with Gasteiger partial charge in [-0.05, 0) is 38.1 Å². The number of carbonyl (C=O) groups is 1. The first-order valence-corrected chi connectivity index (χ1v) is 7.85. The van der Waals surface area contributed by atoms with Crippen molar-refractivity contribution in [3.63, 3.8) is 0 Å². The van der Waals surface area contributed by atoms with Crippen LogP contribution in [0.1, 0.15) is 23.3 Å². The predicted molar refractivity (Wildman–Crippen MR) is 88.2 cm³/mol. The molecule has 0 bridgehead atoms. The van der Waals surface area contributed by atoms with Gasteiger partial charge in [0, 0.05) is 25.4 Å². The predicted octanol–water partition coefficient (Wildman–Crippen LogP) is 1.60. The van der Waals surface area contributed by atoms with Gasteiger partial charge in [0.2, 0.25) is 0 Å². The Morgan fingerprint density at radius 2 is 2.04 bits per heavy atom. The van der Waals surface area contributed by atoms with Crippen LogP contribution in [-0.4, -0.2) is 51.7 Å². The average molecular weight is 329 g/mol. The summed E-state index contributed by atoms with van der Waals surface area (Å²) in [5.41, 5.74) is 0.576. The first kappa shape index (κ1) is 16.1. The molecule has 24 heavy (non-hydrogen) atoms. The third-order valence-corrected chi connectivity index (χ3v) is 4.31.